The molecule has 1 atom stereocenters. The molecule has 0 radical (unpaired) electrons. The summed E-state index contributed by atoms with van der Waals surface area (Å²) in [6.45, 7) is 0. The molecule has 4 rings (SSSR count). The Morgan fingerprint density at radius 1 is 0.828 bits per heavy atom. The zero-order valence-electron chi connectivity index (χ0n) is 16.7. The molecule has 0 saturated carbocycles. The highest BCUT2D eigenvalue weighted by atomic mass is 32.2. The lowest BCUT2D eigenvalue weighted by atomic mass is 10.0. The number of fused-ring (bicyclic) bond motifs is 1. The van der Waals surface area contributed by atoms with Gasteiger partial charge in [-0.2, -0.15) is 0 Å². The molecule has 29 heavy (non-hydrogen) atoms. The number of benzene rings is 3. The summed E-state index contributed by atoms with van der Waals surface area (Å²) in [6, 6.07) is 22.7. The Hall–Kier alpha value is -2.92. The lowest BCUT2D eigenvalue weighted by Gasteiger charge is -2.20. The van der Waals surface area contributed by atoms with Crippen LogP contribution in [0, 0.1) is 0 Å². The van der Waals surface area contributed by atoms with Crippen LogP contribution in [-0.2, 0) is 0 Å². The maximum Gasteiger partial charge on any atom is 0.203 e. The molecule has 4 nitrogen and oxygen atoms in total. The van der Waals surface area contributed by atoms with E-state index in [4.69, 9.17) is 19.2 Å². The number of ether oxygens (including phenoxy) is 3. The van der Waals surface area contributed by atoms with Gasteiger partial charge < -0.3 is 14.2 Å². The predicted octanol–water partition coefficient (Wildman–Crippen LogP) is 6.07. The highest BCUT2D eigenvalue weighted by molar-refractivity contribution is 7.99. The maximum atomic E-state index is 5.58. The number of hydrogen-bond acceptors (Lipinski definition) is 5. The van der Waals surface area contributed by atoms with Crippen molar-refractivity contribution in [2.75, 3.05) is 21.3 Å². The van der Waals surface area contributed by atoms with Gasteiger partial charge in [-0.3, -0.25) is 4.99 Å². The van der Waals surface area contributed by atoms with Crippen LogP contribution >= 0.6 is 11.8 Å². The first-order chi connectivity index (χ1) is 14.2. The molecular formula is C24H23NO3S. The molecule has 3 aromatic carbocycles. The molecular weight excluding hydrogens is 382 g/mol. The van der Waals surface area contributed by atoms with E-state index >= 15 is 0 Å². The molecule has 0 amide bonds. The van der Waals surface area contributed by atoms with Crippen molar-refractivity contribution in [3.05, 3.63) is 77.9 Å². The maximum absolute atomic E-state index is 5.58. The summed E-state index contributed by atoms with van der Waals surface area (Å²) in [5.41, 5.74) is 4.33. The van der Waals surface area contributed by atoms with Gasteiger partial charge in [-0.25, -0.2) is 0 Å². The Balaban J connectivity index is 1.82. The molecule has 3 aromatic rings. The zero-order chi connectivity index (χ0) is 20.2. The SMILES string of the molecule is COc1cc(C2CC(c3ccccc3)=Nc3ccccc3S2)cc(OC)c1OC. The lowest BCUT2D eigenvalue weighted by Crippen LogP contribution is -2.06. The monoisotopic (exact) mass is 405 g/mol. The molecule has 0 saturated heterocycles. The predicted molar refractivity (Wildman–Crippen MR) is 118 cm³/mol. The van der Waals surface area contributed by atoms with E-state index in [2.05, 4.69) is 42.5 Å². The molecule has 1 aliphatic heterocycles. The number of nitrogens with zero attached hydrogens (tertiary/aromatic N) is 1. The minimum Gasteiger partial charge on any atom is -0.493 e. The van der Waals surface area contributed by atoms with E-state index < -0.39 is 0 Å². The molecule has 0 aromatic heterocycles. The fourth-order valence-electron chi connectivity index (χ4n) is 3.50. The Labute approximate surface area is 175 Å². The van der Waals surface area contributed by atoms with E-state index in [1.807, 2.05) is 36.0 Å². The number of rotatable bonds is 5. The molecule has 1 heterocycles. The third kappa shape index (κ3) is 3.96. The number of aliphatic imine (C=N–C) groups is 1. The Bertz CT molecular complexity index is 1010. The van der Waals surface area contributed by atoms with Crippen molar-refractivity contribution in [3.8, 4) is 17.2 Å². The average Bonchev–Trinajstić information content (AvgIpc) is 2.98. The van der Waals surface area contributed by atoms with Crippen molar-refractivity contribution in [3.63, 3.8) is 0 Å². The van der Waals surface area contributed by atoms with E-state index in [0.29, 0.717) is 17.2 Å². The van der Waals surface area contributed by atoms with Crippen LogP contribution in [0.5, 0.6) is 17.2 Å². The standard InChI is InChI=1S/C24H23NO3S/c1-26-20-13-17(14-21(27-2)24(20)28-3)23-15-19(16-9-5-4-6-10-16)25-18-11-7-8-12-22(18)29-23/h4-14,23H,15H2,1-3H3. The number of thioether (sulfide) groups is 1. The largest absolute Gasteiger partial charge is 0.493 e. The summed E-state index contributed by atoms with van der Waals surface area (Å²) in [4.78, 5) is 6.18. The average molecular weight is 406 g/mol. The van der Waals surface area contributed by atoms with Gasteiger partial charge in [0.15, 0.2) is 11.5 Å². The number of hydrogen-bond donors (Lipinski definition) is 0. The summed E-state index contributed by atoms with van der Waals surface area (Å²) in [5, 5.41) is 0.159. The van der Waals surface area contributed by atoms with Crippen LogP contribution in [0.1, 0.15) is 22.8 Å². The van der Waals surface area contributed by atoms with Gasteiger partial charge in [-0.1, -0.05) is 42.5 Å². The zero-order valence-corrected chi connectivity index (χ0v) is 17.5. The fourth-order valence-corrected chi connectivity index (χ4v) is 4.71. The molecule has 148 valence electrons. The van der Waals surface area contributed by atoms with Gasteiger partial charge in [0.05, 0.1) is 27.0 Å². The Kier molecular flexibility index (Phi) is 5.76. The lowest BCUT2D eigenvalue weighted by molar-refractivity contribution is 0.324. The summed E-state index contributed by atoms with van der Waals surface area (Å²) in [5.74, 6) is 1.94. The second kappa shape index (κ2) is 8.62. The van der Waals surface area contributed by atoms with Crippen LogP contribution < -0.4 is 14.2 Å². The van der Waals surface area contributed by atoms with Crippen molar-refractivity contribution < 1.29 is 14.2 Å². The Morgan fingerprint density at radius 3 is 2.14 bits per heavy atom. The van der Waals surface area contributed by atoms with Gasteiger partial charge in [0.2, 0.25) is 5.75 Å². The van der Waals surface area contributed by atoms with Crippen LogP contribution in [0.25, 0.3) is 0 Å². The van der Waals surface area contributed by atoms with Crippen molar-refractivity contribution >= 4 is 23.2 Å². The quantitative estimate of drug-likeness (QED) is 0.516. The second-order valence-corrected chi connectivity index (χ2v) is 7.91. The Morgan fingerprint density at radius 2 is 1.48 bits per heavy atom. The fraction of sp³-hybridized carbons (Fsp3) is 0.208. The molecule has 0 spiro atoms. The molecule has 0 aliphatic carbocycles. The summed E-state index contributed by atoms with van der Waals surface area (Å²) in [7, 11) is 4.91. The molecule has 0 N–H and O–H groups in total. The van der Waals surface area contributed by atoms with E-state index in [1.54, 1.807) is 21.3 Å². The topological polar surface area (TPSA) is 40.0 Å². The molecule has 1 unspecified atom stereocenters. The highest BCUT2D eigenvalue weighted by Gasteiger charge is 2.25. The van der Waals surface area contributed by atoms with Crippen LogP contribution in [-0.4, -0.2) is 27.0 Å². The van der Waals surface area contributed by atoms with Gasteiger partial charge in [0, 0.05) is 22.3 Å². The second-order valence-electron chi connectivity index (χ2n) is 6.66. The number of methoxy groups -OCH3 is 3. The van der Waals surface area contributed by atoms with Crippen molar-refractivity contribution in [1.82, 2.24) is 0 Å². The smallest absolute Gasteiger partial charge is 0.203 e. The summed E-state index contributed by atoms with van der Waals surface area (Å²) in [6.07, 6.45) is 0.794. The summed E-state index contributed by atoms with van der Waals surface area (Å²) >= 11 is 1.81. The summed E-state index contributed by atoms with van der Waals surface area (Å²) < 4.78 is 16.6. The minimum absolute atomic E-state index is 0.159. The first kappa shape index (κ1) is 19.4. The van der Waals surface area contributed by atoms with E-state index in [9.17, 15) is 0 Å². The molecule has 0 bridgehead atoms. The van der Waals surface area contributed by atoms with Crippen LogP contribution in [0.2, 0.25) is 0 Å². The van der Waals surface area contributed by atoms with Crippen molar-refractivity contribution in [2.24, 2.45) is 4.99 Å². The first-order valence-electron chi connectivity index (χ1n) is 9.42. The molecule has 1 aliphatic rings. The molecule has 5 heteroatoms. The van der Waals surface area contributed by atoms with Crippen molar-refractivity contribution in [2.45, 2.75) is 16.6 Å². The van der Waals surface area contributed by atoms with Gasteiger partial charge in [0.1, 0.15) is 0 Å². The minimum atomic E-state index is 0.159. The first-order valence-corrected chi connectivity index (χ1v) is 10.3. The van der Waals surface area contributed by atoms with Gasteiger partial charge >= 0.3 is 0 Å². The third-order valence-corrected chi connectivity index (χ3v) is 6.26. The van der Waals surface area contributed by atoms with E-state index in [-0.39, 0.29) is 5.25 Å². The van der Waals surface area contributed by atoms with E-state index in [1.165, 1.54) is 0 Å². The third-order valence-electron chi connectivity index (χ3n) is 4.93. The van der Waals surface area contributed by atoms with E-state index in [0.717, 1.165) is 33.8 Å². The number of para-hydroxylation sites is 1. The van der Waals surface area contributed by atoms with Crippen molar-refractivity contribution in [1.29, 1.82) is 0 Å². The van der Waals surface area contributed by atoms with Gasteiger partial charge in [-0.15, -0.1) is 11.8 Å². The van der Waals surface area contributed by atoms with Gasteiger partial charge in [-0.05, 0) is 35.4 Å². The van der Waals surface area contributed by atoms with Crippen LogP contribution in [0.15, 0.2) is 76.6 Å². The normalized spacial score (nSPS) is 15.7. The highest BCUT2D eigenvalue weighted by Crippen LogP contribution is 2.49. The van der Waals surface area contributed by atoms with Gasteiger partial charge in [0.25, 0.3) is 0 Å². The van der Waals surface area contributed by atoms with Crippen LogP contribution in [0.4, 0.5) is 5.69 Å². The van der Waals surface area contributed by atoms with Crippen LogP contribution in [0.3, 0.4) is 0 Å². The molecule has 0 fully saturated rings.